The van der Waals surface area contributed by atoms with Gasteiger partial charge in [-0.1, -0.05) is 0 Å². The first-order valence-electron chi connectivity index (χ1n) is 3.93. The molecule has 1 aromatic heterocycles. The third-order valence-electron chi connectivity index (χ3n) is 2.09. The highest BCUT2D eigenvalue weighted by Gasteiger charge is 2.23. The Kier molecular flexibility index (Phi) is 3.36. The summed E-state index contributed by atoms with van der Waals surface area (Å²) in [6.07, 6.45) is 0. The van der Waals surface area contributed by atoms with Gasteiger partial charge in [-0.15, -0.1) is 23.7 Å². The molecule has 0 aliphatic carbocycles. The predicted octanol–water partition coefficient (Wildman–Crippen LogP) is 1.14. The highest BCUT2D eigenvalue weighted by atomic mass is 35.5. The average Bonchev–Trinajstić information content (AvgIpc) is 2.68. The summed E-state index contributed by atoms with van der Waals surface area (Å²) in [5, 5.41) is 3.17. The number of esters is 1. The first kappa shape index (κ1) is 11.3. The van der Waals surface area contributed by atoms with Gasteiger partial charge in [-0.2, -0.15) is 0 Å². The molecular weight excluding hydrogens is 224 g/mol. The van der Waals surface area contributed by atoms with Gasteiger partial charge >= 0.3 is 5.97 Å². The Balaban J connectivity index is 0.000000980. The lowest BCUT2D eigenvalue weighted by Gasteiger charge is -1.98. The minimum absolute atomic E-state index is 0. The van der Waals surface area contributed by atoms with Gasteiger partial charge in [0.2, 0.25) is 0 Å². The Morgan fingerprint density at radius 1 is 1.57 bits per heavy atom. The molecule has 2 rings (SSSR count). The first-order chi connectivity index (χ1) is 6.24. The molecule has 3 N–H and O–H groups in total. The smallest absolute Gasteiger partial charge is 0.350 e. The fourth-order valence-corrected chi connectivity index (χ4v) is 2.53. The minimum atomic E-state index is -0.336. The summed E-state index contributed by atoms with van der Waals surface area (Å²) in [5.74, 6) is -0.336. The number of thiophene rings is 1. The third kappa shape index (κ3) is 1.58. The van der Waals surface area contributed by atoms with Crippen molar-refractivity contribution in [1.82, 2.24) is 5.32 Å². The average molecular weight is 235 g/mol. The Hall–Kier alpha value is -0.780. The fraction of sp³-hybridized carbons (Fsp3) is 0.375. The van der Waals surface area contributed by atoms with Crippen molar-refractivity contribution in [3.05, 3.63) is 15.3 Å². The van der Waals surface area contributed by atoms with Crippen molar-refractivity contribution in [2.75, 3.05) is 12.8 Å². The largest absolute Gasteiger partial charge is 0.465 e. The summed E-state index contributed by atoms with van der Waals surface area (Å²) >= 11 is 1.42. The van der Waals surface area contributed by atoms with Gasteiger partial charge in [-0.3, -0.25) is 0 Å². The lowest BCUT2D eigenvalue weighted by molar-refractivity contribution is 0.0607. The molecule has 0 amide bonds. The summed E-state index contributed by atoms with van der Waals surface area (Å²) in [7, 11) is 1.37. The van der Waals surface area contributed by atoms with E-state index >= 15 is 0 Å². The first-order valence-corrected chi connectivity index (χ1v) is 4.74. The van der Waals surface area contributed by atoms with Crippen LogP contribution in [0.5, 0.6) is 0 Å². The lowest BCUT2D eigenvalue weighted by atomic mass is 10.2. The zero-order valence-electron chi connectivity index (χ0n) is 7.62. The van der Waals surface area contributed by atoms with Gasteiger partial charge in [0, 0.05) is 23.5 Å². The van der Waals surface area contributed by atoms with E-state index in [0.717, 1.165) is 23.5 Å². The molecule has 0 aromatic carbocycles. The molecule has 0 saturated carbocycles. The van der Waals surface area contributed by atoms with E-state index in [1.807, 2.05) is 0 Å². The van der Waals surface area contributed by atoms with Gasteiger partial charge in [0.05, 0.1) is 12.8 Å². The molecule has 0 bridgehead atoms. The molecule has 1 aliphatic heterocycles. The van der Waals surface area contributed by atoms with Crippen molar-refractivity contribution in [3.8, 4) is 0 Å². The number of methoxy groups -OCH3 is 1. The van der Waals surface area contributed by atoms with Crippen LogP contribution in [0.15, 0.2) is 0 Å². The van der Waals surface area contributed by atoms with Gasteiger partial charge < -0.3 is 15.8 Å². The molecule has 0 spiro atoms. The molecule has 1 aromatic rings. The zero-order chi connectivity index (χ0) is 9.42. The van der Waals surface area contributed by atoms with E-state index in [1.165, 1.54) is 18.4 Å². The maximum Gasteiger partial charge on any atom is 0.350 e. The number of rotatable bonds is 1. The third-order valence-corrected chi connectivity index (χ3v) is 3.32. The van der Waals surface area contributed by atoms with E-state index in [9.17, 15) is 4.79 Å². The van der Waals surface area contributed by atoms with Crippen molar-refractivity contribution in [2.24, 2.45) is 0 Å². The van der Waals surface area contributed by atoms with E-state index < -0.39 is 0 Å². The number of hydrogen-bond donors (Lipinski definition) is 2. The van der Waals surface area contributed by atoms with Crippen LogP contribution in [0.2, 0.25) is 0 Å². The highest BCUT2D eigenvalue weighted by Crippen LogP contribution is 2.34. The monoisotopic (exact) mass is 234 g/mol. The molecule has 2 heterocycles. The Bertz CT molecular complexity index is 364. The topological polar surface area (TPSA) is 64.3 Å². The van der Waals surface area contributed by atoms with Crippen molar-refractivity contribution >= 4 is 35.4 Å². The number of hydrogen-bond acceptors (Lipinski definition) is 5. The highest BCUT2D eigenvalue weighted by molar-refractivity contribution is 7.14. The van der Waals surface area contributed by atoms with Crippen LogP contribution in [0, 0.1) is 0 Å². The Morgan fingerprint density at radius 3 is 2.86 bits per heavy atom. The number of nitrogens with one attached hydrogen (secondary N) is 1. The summed E-state index contributed by atoms with van der Waals surface area (Å²) in [4.78, 5) is 12.9. The molecular formula is C8H11ClN2O2S. The Labute approximate surface area is 91.8 Å². The van der Waals surface area contributed by atoms with Gasteiger partial charge in [-0.25, -0.2) is 4.79 Å². The summed E-state index contributed by atoms with van der Waals surface area (Å²) in [6, 6.07) is 0. The number of carbonyl (C=O) groups is 1. The molecule has 0 unspecified atom stereocenters. The second-order valence-corrected chi connectivity index (χ2v) is 3.95. The molecule has 14 heavy (non-hydrogen) atoms. The van der Waals surface area contributed by atoms with E-state index in [4.69, 9.17) is 5.73 Å². The van der Waals surface area contributed by atoms with Gasteiger partial charge in [0.15, 0.2) is 0 Å². The van der Waals surface area contributed by atoms with Gasteiger partial charge in [0.1, 0.15) is 4.88 Å². The number of fused-ring (bicyclic) bond motifs is 1. The van der Waals surface area contributed by atoms with Crippen LogP contribution < -0.4 is 11.1 Å². The van der Waals surface area contributed by atoms with Crippen LogP contribution in [0.25, 0.3) is 0 Å². The van der Waals surface area contributed by atoms with Crippen LogP contribution in [-0.4, -0.2) is 13.1 Å². The SMILES string of the molecule is COC(=O)c1sc2c(c1N)CNC2.Cl. The predicted molar refractivity (Wildman–Crippen MR) is 57.9 cm³/mol. The van der Waals surface area contributed by atoms with Crippen molar-refractivity contribution < 1.29 is 9.53 Å². The van der Waals surface area contributed by atoms with Crippen LogP contribution >= 0.6 is 23.7 Å². The molecule has 0 saturated heterocycles. The van der Waals surface area contributed by atoms with E-state index in [0.29, 0.717) is 10.6 Å². The minimum Gasteiger partial charge on any atom is -0.465 e. The molecule has 1 aliphatic rings. The molecule has 4 nitrogen and oxygen atoms in total. The fourth-order valence-electron chi connectivity index (χ4n) is 1.41. The zero-order valence-corrected chi connectivity index (χ0v) is 9.26. The van der Waals surface area contributed by atoms with Crippen LogP contribution in [0.1, 0.15) is 20.1 Å². The number of nitrogen functional groups attached to an aromatic ring is 1. The van der Waals surface area contributed by atoms with Crippen LogP contribution in [0.4, 0.5) is 5.69 Å². The van der Waals surface area contributed by atoms with Crippen molar-refractivity contribution in [3.63, 3.8) is 0 Å². The summed E-state index contributed by atoms with van der Waals surface area (Å²) < 4.78 is 4.63. The summed E-state index contributed by atoms with van der Waals surface area (Å²) in [5.41, 5.74) is 7.44. The summed E-state index contributed by atoms with van der Waals surface area (Å²) in [6.45, 7) is 1.57. The molecule has 0 fully saturated rings. The second-order valence-electron chi connectivity index (χ2n) is 2.84. The molecule has 78 valence electrons. The van der Waals surface area contributed by atoms with Crippen LogP contribution in [0.3, 0.4) is 0 Å². The lowest BCUT2D eigenvalue weighted by Crippen LogP contribution is -2.06. The standard InChI is InChI=1S/C8H10N2O2S.ClH/c1-12-8(11)7-6(9)4-2-10-3-5(4)13-7;/h10H,2-3,9H2,1H3;1H. The van der Waals surface area contributed by atoms with Crippen molar-refractivity contribution in [1.29, 1.82) is 0 Å². The van der Waals surface area contributed by atoms with E-state index in [2.05, 4.69) is 10.1 Å². The number of anilines is 1. The molecule has 0 atom stereocenters. The Morgan fingerprint density at radius 2 is 2.29 bits per heavy atom. The number of carbonyl (C=O) groups excluding carboxylic acids is 1. The van der Waals surface area contributed by atoms with Gasteiger partial charge in [-0.05, 0) is 0 Å². The molecule has 0 radical (unpaired) electrons. The maximum absolute atomic E-state index is 11.2. The van der Waals surface area contributed by atoms with Gasteiger partial charge in [0.25, 0.3) is 0 Å². The van der Waals surface area contributed by atoms with Crippen LogP contribution in [-0.2, 0) is 17.8 Å². The number of nitrogens with two attached hydrogens (primary N) is 1. The molecule has 6 heteroatoms. The second kappa shape index (κ2) is 4.16. The maximum atomic E-state index is 11.2. The quantitative estimate of drug-likeness (QED) is 0.716. The van der Waals surface area contributed by atoms with Crippen molar-refractivity contribution in [2.45, 2.75) is 13.1 Å². The normalized spacial score (nSPS) is 13.2. The number of ether oxygens (including phenoxy) is 1. The number of halogens is 1. The van der Waals surface area contributed by atoms with E-state index in [1.54, 1.807) is 0 Å². The van der Waals surface area contributed by atoms with E-state index in [-0.39, 0.29) is 18.4 Å².